The molecule has 2 rings (SSSR count). The van der Waals surface area contributed by atoms with E-state index >= 15 is 0 Å². The molecule has 0 amide bonds. The Morgan fingerprint density at radius 2 is 2.05 bits per heavy atom. The Hall–Kier alpha value is -0.850. The zero-order valence-corrected chi connectivity index (χ0v) is 13.9. The molecule has 2 heterocycles. The fourth-order valence-electron chi connectivity index (χ4n) is 2.97. The molecule has 5 nitrogen and oxygen atoms in total. The number of hydrogen-bond donors (Lipinski definition) is 1. The van der Waals surface area contributed by atoms with Gasteiger partial charge >= 0.3 is 0 Å². The van der Waals surface area contributed by atoms with Gasteiger partial charge in [-0.1, -0.05) is 13.8 Å². The minimum absolute atomic E-state index is 0.0401. The summed E-state index contributed by atoms with van der Waals surface area (Å²) in [7, 11) is -3.47. The highest BCUT2D eigenvalue weighted by Gasteiger charge is 2.34. The van der Waals surface area contributed by atoms with Crippen molar-refractivity contribution in [3.63, 3.8) is 0 Å². The molecule has 0 bridgehead atoms. The van der Waals surface area contributed by atoms with Crippen LogP contribution in [0.3, 0.4) is 0 Å². The first-order chi connectivity index (χ1) is 9.90. The molecule has 6 heteroatoms. The van der Waals surface area contributed by atoms with Gasteiger partial charge in [-0.3, -0.25) is 0 Å². The first-order valence-corrected chi connectivity index (χ1v) is 9.15. The quantitative estimate of drug-likeness (QED) is 0.906. The zero-order valence-electron chi connectivity index (χ0n) is 13.1. The van der Waals surface area contributed by atoms with E-state index in [4.69, 9.17) is 0 Å². The van der Waals surface area contributed by atoms with Crippen molar-refractivity contribution < 1.29 is 13.5 Å². The van der Waals surface area contributed by atoms with Crippen LogP contribution in [0.1, 0.15) is 45.7 Å². The fraction of sp³-hybridized carbons (Fsp3) is 0.733. The maximum atomic E-state index is 12.9. The van der Waals surface area contributed by atoms with Crippen molar-refractivity contribution in [1.29, 1.82) is 0 Å². The Morgan fingerprint density at radius 3 is 2.67 bits per heavy atom. The summed E-state index contributed by atoms with van der Waals surface area (Å²) in [6.45, 7) is 7.26. The molecule has 120 valence electrons. The average molecular weight is 314 g/mol. The summed E-state index contributed by atoms with van der Waals surface area (Å²) in [5, 5.41) is 9.40. The Kier molecular flexibility index (Phi) is 5.11. The van der Waals surface area contributed by atoms with Crippen LogP contribution in [0.2, 0.25) is 0 Å². The van der Waals surface area contributed by atoms with Gasteiger partial charge in [-0.15, -0.1) is 0 Å². The summed E-state index contributed by atoms with van der Waals surface area (Å²) in [6, 6.07) is 1.65. The zero-order chi connectivity index (χ0) is 15.6. The van der Waals surface area contributed by atoms with Crippen molar-refractivity contribution in [3.05, 3.63) is 18.0 Å². The number of aryl methyl sites for hydroxylation is 1. The van der Waals surface area contributed by atoms with E-state index in [0.717, 1.165) is 25.8 Å². The average Bonchev–Trinajstić information content (AvgIpc) is 2.85. The molecular formula is C15H26N2O3S. The van der Waals surface area contributed by atoms with E-state index in [0.29, 0.717) is 23.1 Å². The molecule has 1 aromatic heterocycles. The van der Waals surface area contributed by atoms with Crippen LogP contribution in [0, 0.1) is 5.92 Å². The number of hydrogen-bond acceptors (Lipinski definition) is 3. The second kappa shape index (κ2) is 6.50. The van der Waals surface area contributed by atoms with Crippen LogP contribution in [0.4, 0.5) is 0 Å². The minimum atomic E-state index is -3.47. The van der Waals surface area contributed by atoms with E-state index in [1.807, 2.05) is 18.4 Å². The lowest BCUT2D eigenvalue weighted by Gasteiger charge is -2.35. The van der Waals surface area contributed by atoms with Crippen LogP contribution in [0.5, 0.6) is 0 Å². The minimum Gasteiger partial charge on any atom is -0.390 e. The summed E-state index contributed by atoms with van der Waals surface area (Å²) >= 11 is 0. The molecule has 0 radical (unpaired) electrons. The van der Waals surface area contributed by atoms with Gasteiger partial charge in [0, 0.05) is 31.0 Å². The molecule has 1 fully saturated rings. The molecule has 2 atom stereocenters. The van der Waals surface area contributed by atoms with Crippen LogP contribution >= 0.6 is 0 Å². The van der Waals surface area contributed by atoms with Crippen molar-refractivity contribution in [3.8, 4) is 0 Å². The monoisotopic (exact) mass is 314 g/mol. The Bertz CT molecular complexity index is 580. The molecule has 0 aromatic carbocycles. The third kappa shape index (κ3) is 3.33. The van der Waals surface area contributed by atoms with Crippen molar-refractivity contribution in [1.82, 2.24) is 8.87 Å². The lowest BCUT2D eigenvalue weighted by atomic mass is 9.97. The Balaban J connectivity index is 2.34. The first-order valence-electron chi connectivity index (χ1n) is 7.71. The highest BCUT2D eigenvalue weighted by atomic mass is 32.2. The van der Waals surface area contributed by atoms with Gasteiger partial charge in [0.2, 0.25) is 10.0 Å². The standard InChI is InChI=1S/C15H26N2O3S/c1-4-7-16-10-15(8-14(16)11-18)21(19,20)17-9-12(2)5-6-13(17)3/h8,10,12-13,18H,4-7,9,11H2,1-3H3. The number of aromatic nitrogens is 1. The second-order valence-corrected chi connectivity index (χ2v) is 8.02. The van der Waals surface area contributed by atoms with E-state index in [1.54, 1.807) is 16.6 Å². The molecule has 21 heavy (non-hydrogen) atoms. The van der Waals surface area contributed by atoms with Crippen LogP contribution in [0.15, 0.2) is 17.2 Å². The molecule has 1 N–H and O–H groups in total. The predicted molar refractivity (Wildman–Crippen MR) is 82.4 cm³/mol. The second-order valence-electron chi connectivity index (χ2n) is 6.12. The maximum Gasteiger partial charge on any atom is 0.244 e. The van der Waals surface area contributed by atoms with Crippen LogP contribution in [-0.4, -0.2) is 35.0 Å². The van der Waals surface area contributed by atoms with Gasteiger partial charge in [0.1, 0.15) is 4.90 Å². The topological polar surface area (TPSA) is 62.5 Å². The van der Waals surface area contributed by atoms with Gasteiger partial charge in [0.05, 0.1) is 6.61 Å². The number of aliphatic hydroxyl groups excluding tert-OH is 1. The molecule has 1 aromatic rings. The maximum absolute atomic E-state index is 12.9. The van der Waals surface area contributed by atoms with Crippen LogP contribution in [-0.2, 0) is 23.2 Å². The smallest absolute Gasteiger partial charge is 0.244 e. The van der Waals surface area contributed by atoms with Crippen molar-refractivity contribution >= 4 is 10.0 Å². The van der Waals surface area contributed by atoms with E-state index in [-0.39, 0.29) is 12.6 Å². The van der Waals surface area contributed by atoms with Crippen molar-refractivity contribution in [2.24, 2.45) is 5.92 Å². The summed E-state index contributed by atoms with van der Waals surface area (Å²) in [5.74, 6) is 0.394. The number of rotatable bonds is 5. The Labute approximate surface area is 127 Å². The van der Waals surface area contributed by atoms with Gasteiger partial charge in [0.15, 0.2) is 0 Å². The summed E-state index contributed by atoms with van der Waals surface area (Å²) in [6.07, 6.45) is 4.55. The third-order valence-electron chi connectivity index (χ3n) is 4.25. The largest absolute Gasteiger partial charge is 0.390 e. The lowest BCUT2D eigenvalue weighted by Crippen LogP contribution is -2.44. The number of nitrogens with zero attached hydrogens (tertiary/aromatic N) is 2. The van der Waals surface area contributed by atoms with Gasteiger partial charge in [-0.2, -0.15) is 4.31 Å². The molecule has 1 aliphatic rings. The Morgan fingerprint density at radius 1 is 1.33 bits per heavy atom. The van der Waals surface area contributed by atoms with E-state index in [1.165, 1.54) is 0 Å². The highest BCUT2D eigenvalue weighted by Crippen LogP contribution is 2.28. The van der Waals surface area contributed by atoms with Gasteiger partial charge in [-0.25, -0.2) is 8.42 Å². The van der Waals surface area contributed by atoms with Crippen LogP contribution in [0.25, 0.3) is 0 Å². The van der Waals surface area contributed by atoms with Crippen molar-refractivity contribution in [2.75, 3.05) is 6.54 Å². The number of sulfonamides is 1. The molecule has 2 unspecified atom stereocenters. The van der Waals surface area contributed by atoms with E-state index in [2.05, 4.69) is 6.92 Å². The van der Waals surface area contributed by atoms with Crippen molar-refractivity contribution in [2.45, 2.75) is 64.1 Å². The summed E-state index contributed by atoms with van der Waals surface area (Å²) < 4.78 is 29.2. The van der Waals surface area contributed by atoms with Gasteiger partial charge < -0.3 is 9.67 Å². The highest BCUT2D eigenvalue weighted by molar-refractivity contribution is 7.89. The molecule has 0 aliphatic carbocycles. The van der Waals surface area contributed by atoms with Gasteiger partial charge in [0.25, 0.3) is 0 Å². The van der Waals surface area contributed by atoms with Gasteiger partial charge in [-0.05, 0) is 38.2 Å². The molecule has 1 saturated heterocycles. The number of aliphatic hydroxyl groups is 1. The predicted octanol–water partition coefficient (Wildman–Crippen LogP) is 2.20. The third-order valence-corrected chi connectivity index (χ3v) is 6.20. The van der Waals surface area contributed by atoms with Crippen LogP contribution < -0.4 is 0 Å². The molecular weight excluding hydrogens is 288 g/mol. The normalized spacial score (nSPS) is 24.4. The molecule has 0 spiro atoms. The number of piperidine rings is 1. The SMILES string of the molecule is CCCn1cc(S(=O)(=O)N2CC(C)CCC2C)cc1CO. The van der Waals surface area contributed by atoms with E-state index in [9.17, 15) is 13.5 Å². The fourth-order valence-corrected chi connectivity index (χ4v) is 4.81. The first kappa shape index (κ1) is 16.5. The summed E-state index contributed by atoms with van der Waals surface area (Å²) in [5.41, 5.74) is 0.660. The molecule has 0 saturated carbocycles. The van der Waals surface area contributed by atoms with E-state index < -0.39 is 10.0 Å². The lowest BCUT2D eigenvalue weighted by molar-refractivity contribution is 0.218. The molecule has 1 aliphatic heterocycles. The summed E-state index contributed by atoms with van der Waals surface area (Å²) in [4.78, 5) is 0.306.